The summed E-state index contributed by atoms with van der Waals surface area (Å²) in [6.45, 7) is 4.05. The molecule has 2 aromatic heterocycles. The maximum Gasteiger partial charge on any atom is 0.306 e. The van der Waals surface area contributed by atoms with E-state index in [0.717, 1.165) is 18.6 Å². The second-order valence-electron chi connectivity index (χ2n) is 6.18. The van der Waals surface area contributed by atoms with Crippen LogP contribution in [0.5, 0.6) is 0 Å². The van der Waals surface area contributed by atoms with Crippen LogP contribution in [-0.4, -0.2) is 25.9 Å². The van der Waals surface area contributed by atoms with Crippen molar-refractivity contribution in [2.45, 2.75) is 26.3 Å². The fourth-order valence-corrected chi connectivity index (χ4v) is 2.42. The number of nitrogens with zero attached hydrogens (tertiary/aromatic N) is 4. The molecule has 0 aliphatic heterocycles. The van der Waals surface area contributed by atoms with Gasteiger partial charge in [0.25, 0.3) is 0 Å². The van der Waals surface area contributed by atoms with Crippen molar-refractivity contribution in [3.05, 3.63) is 64.6 Å². The number of halogens is 1. The summed E-state index contributed by atoms with van der Waals surface area (Å²) in [4.78, 5) is 23.4. The van der Waals surface area contributed by atoms with Gasteiger partial charge < -0.3 is 10.6 Å². The molecule has 8 nitrogen and oxygen atoms in total. The van der Waals surface area contributed by atoms with Crippen molar-refractivity contribution >= 4 is 23.1 Å². The van der Waals surface area contributed by atoms with Crippen LogP contribution in [0.1, 0.15) is 20.3 Å². The molecular formula is C19H19FN6O2. The average Bonchev–Trinajstić information content (AvgIpc) is 2.69. The molecule has 0 amide bonds. The minimum Gasteiger partial charge on any atom is -0.352 e. The lowest BCUT2D eigenvalue weighted by atomic mass is 10.2. The van der Waals surface area contributed by atoms with Crippen LogP contribution in [0.3, 0.4) is 0 Å². The molecule has 0 saturated carbocycles. The molecule has 0 spiro atoms. The summed E-state index contributed by atoms with van der Waals surface area (Å²) in [5, 5.41) is 17.2. The van der Waals surface area contributed by atoms with Crippen LogP contribution in [0, 0.1) is 15.9 Å². The van der Waals surface area contributed by atoms with Crippen LogP contribution >= 0.6 is 0 Å². The fraction of sp³-hybridized carbons (Fsp3) is 0.211. The van der Waals surface area contributed by atoms with Crippen LogP contribution in [0.4, 0.5) is 27.5 Å². The number of aromatic nitrogens is 3. The first-order valence-electron chi connectivity index (χ1n) is 8.74. The number of hydrogen-bond donors (Lipinski definition) is 2. The molecule has 3 rings (SSSR count). The van der Waals surface area contributed by atoms with Crippen LogP contribution < -0.4 is 10.6 Å². The summed E-state index contributed by atoms with van der Waals surface area (Å²) in [6.07, 6.45) is 2.54. The summed E-state index contributed by atoms with van der Waals surface area (Å²) < 4.78 is 13.6. The Hall–Kier alpha value is -3.62. The summed E-state index contributed by atoms with van der Waals surface area (Å²) in [6, 6.07) is 10.9. The van der Waals surface area contributed by atoms with Crippen molar-refractivity contribution in [1.82, 2.24) is 15.0 Å². The van der Waals surface area contributed by atoms with Crippen LogP contribution in [0.15, 0.2) is 48.7 Å². The molecule has 0 fully saturated rings. The first kappa shape index (κ1) is 19.2. The third-order valence-electron chi connectivity index (χ3n) is 4.06. The van der Waals surface area contributed by atoms with E-state index in [4.69, 9.17) is 0 Å². The molecule has 1 aromatic carbocycles. The van der Waals surface area contributed by atoms with E-state index in [1.165, 1.54) is 6.07 Å². The predicted molar refractivity (Wildman–Crippen MR) is 105 cm³/mol. The number of nitro groups is 1. The van der Waals surface area contributed by atoms with Gasteiger partial charge in [-0.15, -0.1) is 0 Å². The van der Waals surface area contributed by atoms with Gasteiger partial charge in [-0.3, -0.25) is 15.1 Å². The van der Waals surface area contributed by atoms with Crippen molar-refractivity contribution in [2.24, 2.45) is 0 Å². The van der Waals surface area contributed by atoms with Gasteiger partial charge in [-0.1, -0.05) is 13.0 Å². The van der Waals surface area contributed by atoms with Gasteiger partial charge in [0.2, 0.25) is 11.8 Å². The standard InChI is InChI=1S/C19H19FN6O2/c1-3-12(2)22-19-24-16(15-6-4-5-9-21-15)11-18(25-19)23-13-7-8-14(20)17(10-13)26(27)28/h4-12H,3H2,1-2H3,(H2,22,23,24,25)/t12-/m0/s1. The van der Waals surface area contributed by atoms with Gasteiger partial charge in [0.1, 0.15) is 5.82 Å². The third-order valence-corrected chi connectivity index (χ3v) is 4.06. The van der Waals surface area contributed by atoms with E-state index in [2.05, 4.69) is 25.6 Å². The Morgan fingerprint density at radius 1 is 1.18 bits per heavy atom. The van der Waals surface area contributed by atoms with E-state index in [-0.39, 0.29) is 6.04 Å². The third kappa shape index (κ3) is 4.56. The van der Waals surface area contributed by atoms with E-state index in [1.54, 1.807) is 18.3 Å². The number of hydrogen-bond acceptors (Lipinski definition) is 7. The van der Waals surface area contributed by atoms with Gasteiger partial charge in [-0.05, 0) is 37.6 Å². The van der Waals surface area contributed by atoms with E-state index >= 15 is 0 Å². The second kappa shape index (κ2) is 8.38. The van der Waals surface area contributed by atoms with Gasteiger partial charge in [-0.25, -0.2) is 4.98 Å². The molecular weight excluding hydrogens is 363 g/mol. The zero-order valence-electron chi connectivity index (χ0n) is 15.4. The fourth-order valence-electron chi connectivity index (χ4n) is 2.42. The van der Waals surface area contributed by atoms with E-state index < -0.39 is 16.4 Å². The number of benzene rings is 1. The maximum atomic E-state index is 13.6. The summed E-state index contributed by atoms with van der Waals surface area (Å²) in [7, 11) is 0. The van der Waals surface area contributed by atoms with Gasteiger partial charge >= 0.3 is 5.69 Å². The number of anilines is 3. The largest absolute Gasteiger partial charge is 0.352 e. The SMILES string of the molecule is CC[C@H](C)Nc1nc(Nc2ccc(F)c([N+](=O)[O-])c2)cc(-c2ccccn2)n1. The molecule has 0 radical (unpaired) electrons. The monoisotopic (exact) mass is 382 g/mol. The molecule has 1 atom stereocenters. The first-order chi connectivity index (χ1) is 13.5. The highest BCUT2D eigenvalue weighted by Gasteiger charge is 2.15. The van der Waals surface area contributed by atoms with Gasteiger partial charge in [-0.2, -0.15) is 9.37 Å². The molecule has 0 saturated heterocycles. The second-order valence-corrected chi connectivity index (χ2v) is 6.18. The Kier molecular flexibility index (Phi) is 5.73. The molecule has 0 bridgehead atoms. The topological polar surface area (TPSA) is 106 Å². The molecule has 2 heterocycles. The maximum absolute atomic E-state index is 13.6. The molecule has 9 heteroatoms. The van der Waals surface area contributed by atoms with Crippen molar-refractivity contribution in [3.8, 4) is 11.4 Å². The average molecular weight is 382 g/mol. The minimum absolute atomic E-state index is 0.152. The normalized spacial score (nSPS) is 11.7. The van der Waals surface area contributed by atoms with Crippen LogP contribution in [-0.2, 0) is 0 Å². The van der Waals surface area contributed by atoms with Gasteiger partial charge in [0, 0.05) is 30.1 Å². The molecule has 28 heavy (non-hydrogen) atoms. The molecule has 0 unspecified atom stereocenters. The Balaban J connectivity index is 1.98. The lowest BCUT2D eigenvalue weighted by Crippen LogP contribution is -2.16. The smallest absolute Gasteiger partial charge is 0.306 e. The van der Waals surface area contributed by atoms with E-state index in [9.17, 15) is 14.5 Å². The highest BCUT2D eigenvalue weighted by Crippen LogP contribution is 2.26. The number of nitrogens with one attached hydrogen (secondary N) is 2. The molecule has 0 aliphatic carbocycles. The predicted octanol–water partition coefficient (Wildman–Crippen LogP) is 4.54. The Labute approximate surface area is 161 Å². The van der Waals surface area contributed by atoms with Crippen molar-refractivity contribution in [2.75, 3.05) is 10.6 Å². The zero-order chi connectivity index (χ0) is 20.1. The Morgan fingerprint density at radius 2 is 2.00 bits per heavy atom. The molecule has 2 N–H and O–H groups in total. The summed E-state index contributed by atoms with van der Waals surface area (Å²) in [5.41, 5.74) is 0.973. The van der Waals surface area contributed by atoms with Crippen LogP contribution in [0.25, 0.3) is 11.4 Å². The zero-order valence-corrected chi connectivity index (χ0v) is 15.4. The van der Waals surface area contributed by atoms with Gasteiger partial charge in [0.15, 0.2) is 0 Å². The van der Waals surface area contributed by atoms with Gasteiger partial charge in [0.05, 0.1) is 16.3 Å². The summed E-state index contributed by atoms with van der Waals surface area (Å²) >= 11 is 0. The molecule has 144 valence electrons. The quantitative estimate of drug-likeness (QED) is 0.456. The van der Waals surface area contributed by atoms with Crippen molar-refractivity contribution in [3.63, 3.8) is 0 Å². The van der Waals surface area contributed by atoms with Crippen LogP contribution in [0.2, 0.25) is 0 Å². The Morgan fingerprint density at radius 3 is 2.68 bits per heavy atom. The minimum atomic E-state index is -0.897. The lowest BCUT2D eigenvalue weighted by Gasteiger charge is -2.14. The Bertz CT molecular complexity index is 983. The lowest BCUT2D eigenvalue weighted by molar-refractivity contribution is -0.387. The van der Waals surface area contributed by atoms with Crippen molar-refractivity contribution in [1.29, 1.82) is 0 Å². The molecule has 0 aliphatic rings. The highest BCUT2D eigenvalue weighted by atomic mass is 19.1. The first-order valence-corrected chi connectivity index (χ1v) is 8.74. The number of rotatable bonds is 7. The van der Waals surface area contributed by atoms with E-state index in [0.29, 0.717) is 28.8 Å². The molecule has 3 aromatic rings. The number of pyridine rings is 1. The highest BCUT2D eigenvalue weighted by molar-refractivity contribution is 5.66. The summed E-state index contributed by atoms with van der Waals surface area (Å²) in [5.74, 6) is -0.0921. The van der Waals surface area contributed by atoms with E-state index in [1.807, 2.05) is 26.0 Å². The van der Waals surface area contributed by atoms with Crippen molar-refractivity contribution < 1.29 is 9.31 Å². The number of nitro benzene ring substituents is 1.